The summed E-state index contributed by atoms with van der Waals surface area (Å²) in [6.07, 6.45) is 1.98. The Labute approximate surface area is 76.9 Å². The predicted molar refractivity (Wildman–Crippen MR) is 43.5 cm³/mol. The van der Waals surface area contributed by atoms with Gasteiger partial charge in [-0.15, -0.1) is 0 Å². The van der Waals surface area contributed by atoms with Crippen molar-refractivity contribution in [2.45, 2.75) is 43.3 Å². The van der Waals surface area contributed by atoms with E-state index in [0.29, 0.717) is 0 Å². The van der Waals surface area contributed by atoms with Crippen molar-refractivity contribution < 1.29 is 9.53 Å². The summed E-state index contributed by atoms with van der Waals surface area (Å²) in [6.45, 7) is 5.70. The Morgan fingerprint density at radius 2 is 1.91 bits per heavy atom. The number of rotatable bonds is 1. The molecule has 0 radical (unpaired) electrons. The fraction of sp³-hybridized carbons (Fsp3) is 0.875. The summed E-state index contributed by atoms with van der Waals surface area (Å²) in [5.74, 6) is -0.0370. The first kappa shape index (κ1) is 9.16. The van der Waals surface area contributed by atoms with Crippen molar-refractivity contribution in [3.63, 3.8) is 0 Å². The second-order valence-electron chi connectivity index (χ2n) is 4.56. The van der Waals surface area contributed by atoms with Crippen molar-refractivity contribution in [1.29, 1.82) is 0 Å². The van der Waals surface area contributed by atoms with E-state index in [1.54, 1.807) is 0 Å². The second-order valence-corrected chi connectivity index (χ2v) is 4.56. The van der Waals surface area contributed by atoms with Gasteiger partial charge in [0.15, 0.2) is 0 Å². The quantitative estimate of drug-likeness (QED) is 0.415. The molecule has 58 valence electrons. The molecule has 3 heteroatoms. The summed E-state index contributed by atoms with van der Waals surface area (Å²) in [5, 5.41) is 0. The zero-order valence-electron chi connectivity index (χ0n) is 7.73. The van der Waals surface area contributed by atoms with Crippen LogP contribution < -0.4 is 0 Å². The van der Waals surface area contributed by atoms with Gasteiger partial charge in [0.2, 0.25) is 0 Å². The van der Waals surface area contributed by atoms with Gasteiger partial charge in [-0.1, -0.05) is 0 Å². The minimum atomic E-state index is -0.331. The number of ether oxygens (including phenoxy) is 1. The van der Waals surface area contributed by atoms with Gasteiger partial charge in [0.05, 0.1) is 0 Å². The van der Waals surface area contributed by atoms with Crippen molar-refractivity contribution in [2.24, 2.45) is 0 Å². The molecule has 0 spiro atoms. The monoisotopic (exact) mass is 148 g/mol. The van der Waals surface area contributed by atoms with E-state index >= 15 is 0 Å². The molecule has 0 aromatic heterocycles. The summed E-state index contributed by atoms with van der Waals surface area (Å²) in [5.41, 5.74) is -0.331. The van der Waals surface area contributed by atoms with Crippen LogP contribution in [0.3, 0.4) is 0 Å². The molecule has 1 saturated carbocycles. The number of esters is 1. The van der Waals surface area contributed by atoms with Gasteiger partial charge in [-0.3, -0.25) is 0 Å². The minimum absolute atomic E-state index is 0.0370. The summed E-state index contributed by atoms with van der Waals surface area (Å²) in [7, 11) is 0. The molecule has 1 aliphatic rings. The predicted octanol–water partition coefficient (Wildman–Crippen LogP) is 1.45. The molecule has 0 aromatic rings. The van der Waals surface area contributed by atoms with Crippen LogP contribution in [-0.4, -0.2) is 29.3 Å². The number of hydrogen-bond acceptors (Lipinski definition) is 2. The summed E-state index contributed by atoms with van der Waals surface area (Å²) >= 11 is 1.96. The Morgan fingerprint density at radius 3 is 2.18 bits per heavy atom. The molecule has 0 bridgehead atoms. The first-order valence-electron chi connectivity index (χ1n) is 4.07. The van der Waals surface area contributed by atoms with Gasteiger partial charge in [-0.25, -0.2) is 0 Å². The van der Waals surface area contributed by atoms with Gasteiger partial charge in [0.1, 0.15) is 0 Å². The summed E-state index contributed by atoms with van der Waals surface area (Å²) in [6, 6.07) is 0. The second kappa shape index (κ2) is 2.54. The van der Waals surface area contributed by atoms with Crippen LogP contribution in [0.25, 0.3) is 0 Å². The Balaban J connectivity index is 2.45. The third-order valence-electron chi connectivity index (χ3n) is 1.89. The summed E-state index contributed by atoms with van der Waals surface area (Å²) in [4.78, 5) is 11.3. The molecule has 1 fully saturated rings. The van der Waals surface area contributed by atoms with Crippen molar-refractivity contribution in [3.8, 4) is 0 Å². The summed E-state index contributed by atoms with van der Waals surface area (Å²) < 4.78 is 5.08. The van der Waals surface area contributed by atoms with Crippen molar-refractivity contribution in [3.05, 3.63) is 0 Å². The Morgan fingerprint density at radius 1 is 1.45 bits per heavy atom. The number of hydrogen-bond donors (Lipinski definition) is 0. The average Bonchev–Trinajstić information content (AvgIpc) is 2.44. The molecule has 0 amide bonds. The van der Waals surface area contributed by atoms with Gasteiger partial charge in [0.25, 0.3) is 0 Å². The Kier molecular flexibility index (Phi) is 2.11. The molecule has 0 saturated heterocycles. The van der Waals surface area contributed by atoms with E-state index in [9.17, 15) is 4.79 Å². The zero-order valence-corrected chi connectivity index (χ0v) is 7.73. The Hall–Kier alpha value is 0.0674. The van der Waals surface area contributed by atoms with E-state index in [1.165, 1.54) is 0 Å². The molecule has 1 aliphatic carbocycles. The van der Waals surface area contributed by atoms with Gasteiger partial charge in [0, 0.05) is 0 Å². The number of carbonyl (C=O) groups excluding carboxylic acids is 1. The van der Waals surface area contributed by atoms with Crippen LogP contribution in [0.2, 0.25) is 4.09 Å². The van der Waals surface area contributed by atoms with Crippen molar-refractivity contribution in [1.82, 2.24) is 0 Å². The molecule has 0 aliphatic heterocycles. The van der Waals surface area contributed by atoms with E-state index < -0.39 is 0 Å². The van der Waals surface area contributed by atoms with E-state index in [4.69, 9.17) is 4.74 Å². The van der Waals surface area contributed by atoms with Crippen LogP contribution in [0.1, 0.15) is 33.6 Å². The van der Waals surface area contributed by atoms with Gasteiger partial charge in [-0.05, 0) is 0 Å². The molecular formula is C8H13LiO2. The first-order valence-corrected chi connectivity index (χ1v) is 4.07. The maximum absolute atomic E-state index is 11.3. The molecule has 1 rings (SSSR count). The zero-order chi connectivity index (χ0) is 8.70. The normalized spacial score (nSPS) is 21.2. The van der Waals surface area contributed by atoms with Gasteiger partial charge in [-0.2, -0.15) is 0 Å². The number of carbonyl (C=O) groups is 1. The van der Waals surface area contributed by atoms with Crippen LogP contribution in [0.4, 0.5) is 0 Å². The average molecular weight is 148 g/mol. The maximum atomic E-state index is 11.3. The molecule has 0 heterocycles. The molecule has 0 unspecified atom stereocenters. The SMILES string of the molecule is [Li][C]1(C(=O)OC(C)(C)C)CC1. The topological polar surface area (TPSA) is 26.3 Å². The van der Waals surface area contributed by atoms with Crippen LogP contribution in [0.15, 0.2) is 0 Å². The fourth-order valence-corrected chi connectivity index (χ4v) is 0.793. The molecular weight excluding hydrogens is 135 g/mol. The molecule has 2 nitrogen and oxygen atoms in total. The van der Waals surface area contributed by atoms with E-state index in [-0.39, 0.29) is 15.7 Å². The van der Waals surface area contributed by atoms with Crippen LogP contribution >= 0.6 is 0 Å². The standard InChI is InChI=1S/C8H13O2.Li/c1-8(2,3)10-7(9)6-4-5-6;/h4-5H2,1-3H3;. The van der Waals surface area contributed by atoms with Crippen molar-refractivity contribution in [2.75, 3.05) is 0 Å². The molecule has 11 heavy (non-hydrogen) atoms. The van der Waals surface area contributed by atoms with Crippen LogP contribution in [-0.2, 0) is 9.53 Å². The van der Waals surface area contributed by atoms with E-state index in [2.05, 4.69) is 0 Å². The molecule has 0 atom stereocenters. The van der Waals surface area contributed by atoms with Gasteiger partial charge >= 0.3 is 76.5 Å². The van der Waals surface area contributed by atoms with Crippen LogP contribution in [0.5, 0.6) is 0 Å². The Bertz CT molecular complexity index is 177. The van der Waals surface area contributed by atoms with E-state index in [1.807, 2.05) is 38.5 Å². The fourth-order valence-electron chi connectivity index (χ4n) is 0.793. The van der Waals surface area contributed by atoms with E-state index in [0.717, 1.165) is 12.8 Å². The molecule has 0 aromatic carbocycles. The third-order valence-corrected chi connectivity index (χ3v) is 1.89. The van der Waals surface area contributed by atoms with Gasteiger partial charge < -0.3 is 0 Å². The first-order chi connectivity index (χ1) is 4.83. The van der Waals surface area contributed by atoms with Crippen LogP contribution in [0, 0.1) is 0 Å². The third kappa shape index (κ3) is 2.54. The molecule has 0 N–H and O–H groups in total. The van der Waals surface area contributed by atoms with Crippen molar-refractivity contribution >= 4 is 23.7 Å².